The third kappa shape index (κ3) is 3.76. The van der Waals surface area contributed by atoms with Gasteiger partial charge in [0.05, 0.1) is 19.4 Å². The number of benzene rings is 1. The summed E-state index contributed by atoms with van der Waals surface area (Å²) >= 11 is 0. The highest BCUT2D eigenvalue weighted by atomic mass is 16.5. The van der Waals surface area contributed by atoms with Crippen LogP contribution in [0.4, 0.5) is 0 Å². The van der Waals surface area contributed by atoms with Crippen molar-refractivity contribution in [3.63, 3.8) is 0 Å². The maximum absolute atomic E-state index is 12.9. The van der Waals surface area contributed by atoms with Crippen LogP contribution in [-0.2, 0) is 11.2 Å². The number of rotatable bonds is 6. The maximum Gasteiger partial charge on any atom is 0.223 e. The number of nitrogens with zero attached hydrogens (tertiary/aromatic N) is 1. The van der Waals surface area contributed by atoms with Gasteiger partial charge in [0.15, 0.2) is 5.78 Å². The molecule has 25 heavy (non-hydrogen) atoms. The monoisotopic (exact) mass is 341 g/mol. The Morgan fingerprint density at radius 1 is 1.32 bits per heavy atom. The number of furan rings is 1. The number of hydrogen-bond acceptors (Lipinski definition) is 4. The second kappa shape index (κ2) is 7.55. The molecule has 0 bridgehead atoms. The normalized spacial score (nSPS) is 16.9. The van der Waals surface area contributed by atoms with Gasteiger partial charge < -0.3 is 14.1 Å². The topological polar surface area (TPSA) is 59.8 Å². The first-order valence-corrected chi connectivity index (χ1v) is 8.61. The summed E-state index contributed by atoms with van der Waals surface area (Å²) in [6.45, 7) is 2.55. The van der Waals surface area contributed by atoms with Crippen LogP contribution < -0.4 is 4.74 Å². The highest BCUT2D eigenvalue weighted by Gasteiger charge is 2.34. The third-order valence-electron chi connectivity index (χ3n) is 4.72. The van der Waals surface area contributed by atoms with Crippen LogP contribution >= 0.6 is 0 Å². The Labute approximate surface area is 147 Å². The molecule has 5 nitrogen and oxygen atoms in total. The molecular weight excluding hydrogens is 318 g/mol. The lowest BCUT2D eigenvalue weighted by Crippen LogP contribution is -2.40. The van der Waals surface area contributed by atoms with Gasteiger partial charge in [-0.05, 0) is 55.7 Å². The molecular formula is C20H23NO4. The van der Waals surface area contributed by atoms with Gasteiger partial charge in [0.25, 0.3) is 0 Å². The minimum absolute atomic E-state index is 0.00889. The molecule has 1 fully saturated rings. The Balaban J connectivity index is 1.68. The number of likely N-dealkylation sites (tertiary alicyclic amines) is 1. The van der Waals surface area contributed by atoms with Crippen molar-refractivity contribution in [2.45, 2.75) is 38.6 Å². The van der Waals surface area contributed by atoms with Gasteiger partial charge in [0.1, 0.15) is 11.5 Å². The van der Waals surface area contributed by atoms with Gasteiger partial charge >= 0.3 is 0 Å². The molecule has 1 amide bonds. The van der Waals surface area contributed by atoms with Crippen molar-refractivity contribution < 1.29 is 18.7 Å². The lowest BCUT2D eigenvalue weighted by Gasteiger charge is -2.24. The fourth-order valence-electron chi connectivity index (χ4n) is 3.39. The van der Waals surface area contributed by atoms with Crippen LogP contribution in [0.3, 0.4) is 0 Å². The van der Waals surface area contributed by atoms with E-state index in [1.165, 1.54) is 0 Å². The second-order valence-corrected chi connectivity index (χ2v) is 6.37. The van der Waals surface area contributed by atoms with Crippen LogP contribution in [-0.4, -0.2) is 36.3 Å². The first kappa shape index (κ1) is 17.3. The van der Waals surface area contributed by atoms with Gasteiger partial charge in [-0.15, -0.1) is 0 Å². The Hall–Kier alpha value is -2.56. The predicted molar refractivity (Wildman–Crippen MR) is 93.8 cm³/mol. The Kier molecular flexibility index (Phi) is 5.22. The van der Waals surface area contributed by atoms with Crippen LogP contribution in [0, 0.1) is 6.92 Å². The van der Waals surface area contributed by atoms with E-state index < -0.39 is 0 Å². The van der Waals surface area contributed by atoms with E-state index >= 15 is 0 Å². The standard InChI is InChI=1S/C20H23NO4/c1-14-13-15(7-9-18(14)24-2)20(23)17-6-3-11-21(17)19(22)10-8-16-5-4-12-25-16/h4-5,7,9,12-13,17H,3,6,8,10-11H2,1-2H3. The molecule has 0 saturated carbocycles. The molecule has 1 unspecified atom stereocenters. The highest BCUT2D eigenvalue weighted by Crippen LogP contribution is 2.25. The lowest BCUT2D eigenvalue weighted by molar-refractivity contribution is -0.131. The number of amides is 1. The quantitative estimate of drug-likeness (QED) is 0.756. The summed E-state index contributed by atoms with van der Waals surface area (Å²) < 4.78 is 10.5. The summed E-state index contributed by atoms with van der Waals surface area (Å²) in [5.74, 6) is 1.57. The van der Waals surface area contributed by atoms with Gasteiger partial charge in [0.2, 0.25) is 5.91 Å². The lowest BCUT2D eigenvalue weighted by atomic mass is 10.00. The zero-order valence-corrected chi connectivity index (χ0v) is 14.7. The molecule has 1 aliphatic heterocycles. The van der Waals surface area contributed by atoms with Crippen molar-refractivity contribution in [1.82, 2.24) is 4.90 Å². The van der Waals surface area contributed by atoms with E-state index in [0.717, 1.165) is 29.9 Å². The molecule has 0 N–H and O–H groups in total. The fraction of sp³-hybridized carbons (Fsp3) is 0.400. The first-order valence-electron chi connectivity index (χ1n) is 8.61. The van der Waals surface area contributed by atoms with Crippen LogP contribution in [0.5, 0.6) is 5.75 Å². The molecule has 132 valence electrons. The molecule has 1 atom stereocenters. The summed E-state index contributed by atoms with van der Waals surface area (Å²) in [5, 5.41) is 0. The molecule has 1 aliphatic rings. The smallest absolute Gasteiger partial charge is 0.223 e. The van der Waals surface area contributed by atoms with Crippen molar-refractivity contribution >= 4 is 11.7 Å². The molecule has 0 radical (unpaired) electrons. The summed E-state index contributed by atoms with van der Waals surface area (Å²) in [7, 11) is 1.61. The zero-order chi connectivity index (χ0) is 17.8. The van der Waals surface area contributed by atoms with E-state index in [1.54, 1.807) is 30.4 Å². The van der Waals surface area contributed by atoms with Crippen molar-refractivity contribution in [1.29, 1.82) is 0 Å². The van der Waals surface area contributed by atoms with E-state index in [9.17, 15) is 9.59 Å². The van der Waals surface area contributed by atoms with Crippen molar-refractivity contribution in [3.05, 3.63) is 53.5 Å². The highest BCUT2D eigenvalue weighted by molar-refractivity contribution is 6.02. The number of methoxy groups -OCH3 is 1. The molecule has 2 heterocycles. The molecule has 0 spiro atoms. The number of Topliss-reactive ketones (excluding diaryl/α,β-unsaturated/α-hetero) is 1. The van der Waals surface area contributed by atoms with Gasteiger partial charge in [-0.2, -0.15) is 0 Å². The van der Waals surface area contributed by atoms with Crippen LogP contribution in [0.15, 0.2) is 41.0 Å². The number of aryl methyl sites for hydroxylation is 2. The maximum atomic E-state index is 12.9. The van der Waals surface area contributed by atoms with Gasteiger partial charge in [-0.1, -0.05) is 0 Å². The summed E-state index contributed by atoms with van der Waals surface area (Å²) in [6, 6.07) is 8.73. The SMILES string of the molecule is COc1ccc(C(=O)C2CCCN2C(=O)CCc2ccco2)cc1C. The number of ether oxygens (including phenoxy) is 1. The Morgan fingerprint density at radius 2 is 2.16 bits per heavy atom. The zero-order valence-electron chi connectivity index (χ0n) is 14.7. The van der Waals surface area contributed by atoms with E-state index in [4.69, 9.17) is 9.15 Å². The number of ketones is 1. The minimum atomic E-state index is -0.364. The summed E-state index contributed by atoms with van der Waals surface area (Å²) in [5.41, 5.74) is 1.55. The molecule has 1 saturated heterocycles. The molecule has 5 heteroatoms. The van der Waals surface area contributed by atoms with E-state index in [1.807, 2.05) is 25.1 Å². The third-order valence-corrected chi connectivity index (χ3v) is 4.72. The number of carbonyl (C=O) groups is 2. The van der Waals surface area contributed by atoms with Crippen LogP contribution in [0.25, 0.3) is 0 Å². The molecule has 0 aliphatic carbocycles. The Morgan fingerprint density at radius 3 is 2.84 bits per heavy atom. The molecule has 1 aromatic heterocycles. The van der Waals surface area contributed by atoms with Gasteiger partial charge in [-0.3, -0.25) is 9.59 Å². The molecule has 3 rings (SSSR count). The average molecular weight is 341 g/mol. The van der Waals surface area contributed by atoms with Crippen molar-refractivity contribution in [2.24, 2.45) is 0 Å². The number of hydrogen-bond donors (Lipinski definition) is 0. The summed E-state index contributed by atoms with van der Waals surface area (Å²) in [6.07, 6.45) is 4.10. The van der Waals surface area contributed by atoms with Crippen LogP contribution in [0.1, 0.15) is 40.9 Å². The van der Waals surface area contributed by atoms with E-state index in [2.05, 4.69) is 0 Å². The van der Waals surface area contributed by atoms with Crippen molar-refractivity contribution in [3.8, 4) is 5.75 Å². The van der Waals surface area contributed by atoms with Crippen LogP contribution in [0.2, 0.25) is 0 Å². The Bertz CT molecular complexity index is 751. The van der Waals surface area contributed by atoms with Gasteiger partial charge in [-0.25, -0.2) is 0 Å². The molecule has 2 aromatic rings. The van der Waals surface area contributed by atoms with E-state index in [-0.39, 0.29) is 17.7 Å². The average Bonchev–Trinajstić information content (AvgIpc) is 3.30. The summed E-state index contributed by atoms with van der Waals surface area (Å²) in [4.78, 5) is 27.2. The van der Waals surface area contributed by atoms with E-state index in [0.29, 0.717) is 24.9 Å². The van der Waals surface area contributed by atoms with Gasteiger partial charge in [0, 0.05) is 24.9 Å². The molecule has 1 aromatic carbocycles. The first-order chi connectivity index (χ1) is 12.1. The number of carbonyl (C=O) groups excluding carboxylic acids is 2. The van der Waals surface area contributed by atoms with Crippen molar-refractivity contribution in [2.75, 3.05) is 13.7 Å². The predicted octanol–water partition coefficient (Wildman–Crippen LogP) is 3.40. The second-order valence-electron chi connectivity index (χ2n) is 6.37. The fourth-order valence-corrected chi connectivity index (χ4v) is 3.39. The largest absolute Gasteiger partial charge is 0.496 e. The minimum Gasteiger partial charge on any atom is -0.496 e.